The smallest absolute Gasteiger partial charge is 0.366 e. The largest absolute Gasteiger partial charge is 0.370 e. The number of benzene rings is 2. The number of piperazine rings is 1. The lowest BCUT2D eigenvalue weighted by Gasteiger charge is -2.42. The molecule has 1 N–H and O–H groups in total. The highest BCUT2D eigenvalue weighted by atomic mass is 35.5. The zero-order valence-corrected chi connectivity index (χ0v) is 27.6. The zero-order chi connectivity index (χ0) is 31.0. The number of para-hydroxylation sites is 1. The summed E-state index contributed by atoms with van der Waals surface area (Å²) < 4.78 is 31.8. The summed E-state index contributed by atoms with van der Waals surface area (Å²) >= 11 is 20.2. The number of likely N-dealkylation sites (N-methyl/N-ethyl adjacent to an activating group) is 1. The SMILES string of the molecule is CCOS(=O)(=O)n1cc(-c2nc(Nc3ccc(N4CCC(N5CCN(C)CC5)CC4)c(Cl)c3Cl)ncc2Cl)c2ccccc21. The van der Waals surface area contributed by atoms with E-state index in [0.717, 1.165) is 61.8 Å². The van der Waals surface area contributed by atoms with E-state index >= 15 is 0 Å². The first-order valence-corrected chi connectivity index (χ1v) is 17.1. The van der Waals surface area contributed by atoms with Crippen LogP contribution in [0.3, 0.4) is 0 Å². The van der Waals surface area contributed by atoms with E-state index in [1.165, 1.54) is 12.4 Å². The Bertz CT molecular complexity index is 1770. The molecule has 10 nitrogen and oxygen atoms in total. The van der Waals surface area contributed by atoms with Gasteiger partial charge in [-0.15, -0.1) is 0 Å². The van der Waals surface area contributed by atoms with Crippen molar-refractivity contribution in [1.29, 1.82) is 0 Å². The van der Waals surface area contributed by atoms with Crippen molar-refractivity contribution in [1.82, 2.24) is 23.7 Å². The number of anilines is 3. The third kappa shape index (κ3) is 6.24. The molecule has 0 spiro atoms. The van der Waals surface area contributed by atoms with Crippen molar-refractivity contribution in [2.45, 2.75) is 25.8 Å². The molecule has 2 aromatic carbocycles. The van der Waals surface area contributed by atoms with Gasteiger partial charge < -0.3 is 15.1 Å². The number of hydrogen-bond donors (Lipinski definition) is 1. The van der Waals surface area contributed by atoms with Crippen LogP contribution in [0, 0.1) is 0 Å². The normalized spacial score (nSPS) is 17.4. The monoisotopic (exact) mass is 677 g/mol. The van der Waals surface area contributed by atoms with E-state index in [2.05, 4.69) is 37.0 Å². The van der Waals surface area contributed by atoms with Crippen molar-refractivity contribution in [3.63, 3.8) is 0 Å². The van der Waals surface area contributed by atoms with Crippen molar-refractivity contribution < 1.29 is 12.6 Å². The summed E-state index contributed by atoms with van der Waals surface area (Å²) in [6.45, 7) is 7.93. The Balaban J connectivity index is 1.23. The lowest BCUT2D eigenvalue weighted by Crippen LogP contribution is -2.52. The van der Waals surface area contributed by atoms with E-state index < -0.39 is 10.3 Å². The Kier molecular flexibility index (Phi) is 9.26. The van der Waals surface area contributed by atoms with Crippen LogP contribution in [-0.4, -0.2) is 91.1 Å². The molecule has 6 rings (SSSR count). The van der Waals surface area contributed by atoms with Gasteiger partial charge in [0.2, 0.25) is 5.95 Å². The first kappa shape index (κ1) is 31.3. The molecule has 4 aromatic rings. The number of hydrogen-bond acceptors (Lipinski definition) is 9. The van der Waals surface area contributed by atoms with Gasteiger partial charge in [0.05, 0.1) is 50.5 Å². The average molecular weight is 679 g/mol. The summed E-state index contributed by atoms with van der Waals surface area (Å²) in [5, 5.41) is 4.89. The molecule has 44 heavy (non-hydrogen) atoms. The molecular weight excluding hydrogens is 645 g/mol. The fraction of sp³-hybridized carbons (Fsp3) is 0.400. The molecule has 2 saturated heterocycles. The van der Waals surface area contributed by atoms with Gasteiger partial charge in [-0.1, -0.05) is 53.0 Å². The summed E-state index contributed by atoms with van der Waals surface area (Å²) in [6, 6.07) is 11.5. The second kappa shape index (κ2) is 13.0. The zero-order valence-electron chi connectivity index (χ0n) is 24.5. The number of aromatic nitrogens is 3. The number of piperidine rings is 1. The maximum absolute atomic E-state index is 12.8. The molecule has 2 aromatic heterocycles. The Hall–Kier alpha value is -2.64. The van der Waals surface area contributed by atoms with Crippen LogP contribution < -0.4 is 10.2 Å². The van der Waals surface area contributed by atoms with Crippen LogP contribution in [0.25, 0.3) is 22.2 Å². The quantitative estimate of drug-likeness (QED) is 0.236. The minimum absolute atomic E-state index is 0.00347. The van der Waals surface area contributed by atoms with Crippen LogP contribution in [-0.2, 0) is 14.5 Å². The van der Waals surface area contributed by atoms with Crippen molar-refractivity contribution in [3.05, 3.63) is 63.9 Å². The number of fused-ring (bicyclic) bond motifs is 1. The highest BCUT2D eigenvalue weighted by molar-refractivity contribution is 7.85. The first-order chi connectivity index (χ1) is 21.2. The van der Waals surface area contributed by atoms with Gasteiger partial charge in [0.25, 0.3) is 0 Å². The van der Waals surface area contributed by atoms with E-state index in [9.17, 15) is 8.42 Å². The molecule has 0 aliphatic carbocycles. The van der Waals surface area contributed by atoms with Crippen LogP contribution in [0.2, 0.25) is 15.1 Å². The summed E-state index contributed by atoms with van der Waals surface area (Å²) in [5.41, 5.74) is 2.76. The Morgan fingerprint density at radius 1 is 0.977 bits per heavy atom. The maximum atomic E-state index is 12.8. The van der Waals surface area contributed by atoms with Gasteiger partial charge in [0, 0.05) is 62.5 Å². The van der Waals surface area contributed by atoms with E-state index in [0.29, 0.717) is 43.9 Å². The van der Waals surface area contributed by atoms with Crippen LogP contribution in [0.1, 0.15) is 19.8 Å². The number of nitrogens with one attached hydrogen (secondary N) is 1. The molecule has 0 amide bonds. The first-order valence-electron chi connectivity index (χ1n) is 14.6. The minimum atomic E-state index is -4.06. The standard InChI is InChI=1S/C30H34Cl3N7O3S/c1-3-43-44(41,42)40-19-22(21-6-4-5-7-25(21)40)29-23(31)18-34-30(36-29)35-24-8-9-26(28(33)27(24)32)39-12-10-20(11-13-39)38-16-14-37(2)15-17-38/h4-9,18-20H,3,10-17H2,1-2H3,(H,34,35,36). The fourth-order valence-corrected chi connectivity index (χ4v) is 7.74. The number of nitrogens with zero attached hydrogens (tertiary/aromatic N) is 6. The predicted molar refractivity (Wildman–Crippen MR) is 178 cm³/mol. The highest BCUT2D eigenvalue weighted by Crippen LogP contribution is 2.41. The second-order valence-electron chi connectivity index (χ2n) is 11.1. The third-order valence-corrected chi connectivity index (χ3v) is 10.8. The Morgan fingerprint density at radius 2 is 1.70 bits per heavy atom. The maximum Gasteiger partial charge on any atom is 0.366 e. The molecule has 2 fully saturated rings. The molecule has 2 aliphatic heterocycles. The van der Waals surface area contributed by atoms with Gasteiger partial charge in [-0.25, -0.2) is 13.9 Å². The van der Waals surface area contributed by atoms with E-state index in [1.807, 2.05) is 18.2 Å². The average Bonchev–Trinajstić information content (AvgIpc) is 3.42. The summed E-state index contributed by atoms with van der Waals surface area (Å²) in [4.78, 5) is 16.3. The summed E-state index contributed by atoms with van der Waals surface area (Å²) in [5.74, 6) is 0.229. The lowest BCUT2D eigenvalue weighted by molar-refractivity contribution is 0.0982. The van der Waals surface area contributed by atoms with E-state index in [4.69, 9.17) is 39.0 Å². The molecule has 14 heteroatoms. The predicted octanol–water partition coefficient (Wildman–Crippen LogP) is 6.15. The Morgan fingerprint density at radius 3 is 2.43 bits per heavy atom. The molecule has 0 atom stereocenters. The van der Waals surface area contributed by atoms with Gasteiger partial charge in [-0.3, -0.25) is 9.08 Å². The topological polar surface area (TPSA) is 95.8 Å². The van der Waals surface area contributed by atoms with Crippen molar-refractivity contribution in [2.75, 3.05) is 63.1 Å². The van der Waals surface area contributed by atoms with Crippen LogP contribution >= 0.6 is 34.8 Å². The molecule has 0 unspecified atom stereocenters. The highest BCUT2D eigenvalue weighted by Gasteiger charge is 2.28. The van der Waals surface area contributed by atoms with Gasteiger partial charge in [0.1, 0.15) is 0 Å². The van der Waals surface area contributed by atoms with Gasteiger partial charge in [0.15, 0.2) is 0 Å². The summed E-state index contributed by atoms with van der Waals surface area (Å²) in [7, 11) is -1.87. The minimum Gasteiger partial charge on any atom is -0.370 e. The van der Waals surface area contributed by atoms with Gasteiger partial charge >= 0.3 is 10.3 Å². The van der Waals surface area contributed by atoms with E-state index in [1.54, 1.807) is 25.1 Å². The lowest BCUT2D eigenvalue weighted by atomic mass is 10.0. The molecule has 4 heterocycles. The number of halogens is 3. The van der Waals surface area contributed by atoms with Crippen molar-refractivity contribution in [2.24, 2.45) is 0 Å². The van der Waals surface area contributed by atoms with Crippen LogP contribution in [0.15, 0.2) is 48.8 Å². The summed E-state index contributed by atoms with van der Waals surface area (Å²) in [6.07, 6.45) is 5.09. The molecular formula is C30H34Cl3N7O3S. The second-order valence-corrected chi connectivity index (χ2v) is 13.7. The Labute approximate surface area is 272 Å². The van der Waals surface area contributed by atoms with Gasteiger partial charge in [-0.05, 0) is 45.0 Å². The van der Waals surface area contributed by atoms with E-state index in [-0.39, 0.29) is 17.6 Å². The van der Waals surface area contributed by atoms with Crippen LogP contribution in [0.5, 0.6) is 0 Å². The third-order valence-electron chi connectivity index (χ3n) is 8.35. The molecule has 2 aliphatic rings. The fourth-order valence-electron chi connectivity index (χ4n) is 6.01. The molecule has 234 valence electrons. The molecule has 0 radical (unpaired) electrons. The van der Waals surface area contributed by atoms with Crippen molar-refractivity contribution >= 4 is 73.3 Å². The molecule has 0 saturated carbocycles. The van der Waals surface area contributed by atoms with Crippen molar-refractivity contribution in [3.8, 4) is 11.3 Å². The number of rotatable bonds is 8. The van der Waals surface area contributed by atoms with Gasteiger partial charge in [-0.2, -0.15) is 8.42 Å². The van der Waals surface area contributed by atoms with Crippen LogP contribution in [0.4, 0.5) is 17.3 Å². The molecule has 0 bridgehead atoms.